The zero-order valence-electron chi connectivity index (χ0n) is 25.3. The monoisotopic (exact) mass is 628 g/mol. The van der Waals surface area contributed by atoms with Gasteiger partial charge in [0.05, 0.1) is 0 Å². The van der Waals surface area contributed by atoms with Gasteiger partial charge in [0.2, 0.25) is 0 Å². The van der Waals surface area contributed by atoms with Crippen LogP contribution in [0.3, 0.4) is 0 Å². The normalized spacial score (nSPS) is 13.9. The van der Waals surface area contributed by atoms with E-state index in [1.165, 1.54) is 24.3 Å². The second-order valence-corrected chi connectivity index (χ2v) is 16.9. The third kappa shape index (κ3) is 8.14. The Morgan fingerprint density at radius 2 is 0.929 bits per heavy atom. The van der Waals surface area contributed by atoms with Gasteiger partial charge >= 0.3 is 15.6 Å². The first-order valence-corrected chi connectivity index (χ1v) is 16.2. The molecule has 3 aromatic carbocycles. The second kappa shape index (κ2) is 11.7. The Morgan fingerprint density at radius 1 is 0.571 bits per heavy atom. The summed E-state index contributed by atoms with van der Waals surface area (Å²) in [6, 6.07) is 19.0. The first kappa shape index (κ1) is 33.6. The molecule has 0 amide bonds. The predicted molar refractivity (Wildman–Crippen MR) is 159 cm³/mol. The molecule has 0 atom stereocenters. The zero-order valence-corrected chi connectivity index (χ0v) is 27.0. The molecule has 0 heterocycles. The van der Waals surface area contributed by atoms with Gasteiger partial charge in [0.25, 0.3) is 0 Å². The van der Waals surface area contributed by atoms with Gasteiger partial charge in [-0.15, -0.1) is 0 Å². The number of rotatable bonds is 8. The summed E-state index contributed by atoms with van der Waals surface area (Å²) in [5.41, 5.74) is -8.09. The lowest BCUT2D eigenvalue weighted by molar-refractivity contribution is -0.0496. The Morgan fingerprint density at radius 3 is 1.24 bits per heavy atom. The topological polar surface area (TPSA) is 71.1 Å². The van der Waals surface area contributed by atoms with Crippen molar-refractivity contribution >= 4 is 20.4 Å². The van der Waals surface area contributed by atoms with Crippen molar-refractivity contribution in [2.75, 3.05) is 0 Å². The molecule has 3 aromatic rings. The van der Waals surface area contributed by atoms with Gasteiger partial charge in [-0.05, 0) is 96.9 Å². The Hall–Kier alpha value is -2.89. The number of hydrogen-bond donors (Lipinski definition) is 0. The van der Waals surface area contributed by atoms with Gasteiger partial charge in [-0.2, -0.15) is 25.2 Å². The van der Waals surface area contributed by atoms with Crippen molar-refractivity contribution in [3.63, 3.8) is 0 Å². The van der Waals surface area contributed by atoms with E-state index in [4.69, 9.17) is 17.8 Å². The van der Waals surface area contributed by atoms with E-state index < -0.39 is 42.7 Å². The van der Waals surface area contributed by atoms with E-state index in [-0.39, 0.29) is 26.2 Å². The molecule has 0 saturated carbocycles. The first-order valence-electron chi connectivity index (χ1n) is 13.3. The maximum absolute atomic E-state index is 14.1. The minimum Gasteiger partial charge on any atom is -0.488 e. The van der Waals surface area contributed by atoms with Gasteiger partial charge < -0.3 is 14.2 Å². The Labute approximate surface area is 248 Å². The summed E-state index contributed by atoms with van der Waals surface area (Å²) < 4.78 is 92.9. The largest absolute Gasteiger partial charge is 0.524 e. The molecule has 6 nitrogen and oxygen atoms in total. The van der Waals surface area contributed by atoms with Crippen molar-refractivity contribution < 1.29 is 39.4 Å². The van der Waals surface area contributed by atoms with Gasteiger partial charge in [0, 0.05) is 21.9 Å². The fourth-order valence-electron chi connectivity index (χ4n) is 3.94. The van der Waals surface area contributed by atoms with E-state index in [2.05, 4.69) is 0 Å². The number of alkyl halides is 3. The number of benzene rings is 3. The summed E-state index contributed by atoms with van der Waals surface area (Å²) in [6.07, 6.45) is 0. The molecule has 0 spiro atoms. The van der Waals surface area contributed by atoms with E-state index >= 15 is 0 Å². The minimum atomic E-state index is -6.16. The lowest BCUT2D eigenvalue weighted by Gasteiger charge is -2.42. The third-order valence-electron chi connectivity index (χ3n) is 5.16. The molecule has 0 N–H and O–H groups in total. The summed E-state index contributed by atoms with van der Waals surface area (Å²) >= 11 is 0. The van der Waals surface area contributed by atoms with Gasteiger partial charge in [0.15, 0.2) is 0 Å². The van der Waals surface area contributed by atoms with Crippen LogP contribution in [-0.2, 0) is 13.7 Å². The highest BCUT2D eigenvalue weighted by Gasteiger charge is 2.54. The molecular formula is C31H39F3O6S2. The van der Waals surface area contributed by atoms with Gasteiger partial charge in [0.1, 0.15) is 38.9 Å². The molecular weight excluding hydrogens is 589 g/mol. The minimum absolute atomic E-state index is 0.0128. The van der Waals surface area contributed by atoms with Crippen molar-refractivity contribution in [1.29, 1.82) is 0 Å². The molecule has 0 unspecified atom stereocenters. The molecule has 3 rings (SSSR count). The summed E-state index contributed by atoms with van der Waals surface area (Å²) in [7, 11) is -9.92. The van der Waals surface area contributed by atoms with Crippen LogP contribution in [0.1, 0.15) is 62.3 Å². The smallest absolute Gasteiger partial charge is 0.488 e. The van der Waals surface area contributed by atoms with Crippen LogP contribution in [0.5, 0.6) is 17.2 Å². The van der Waals surface area contributed by atoms with Crippen LogP contribution in [0.4, 0.5) is 13.2 Å². The van der Waals surface area contributed by atoms with Crippen LogP contribution >= 0.6 is 10.3 Å². The van der Waals surface area contributed by atoms with E-state index in [1.54, 1.807) is 90.1 Å². The maximum Gasteiger partial charge on any atom is 0.524 e. The maximum atomic E-state index is 14.1. The molecule has 11 heteroatoms. The SMILES string of the molecule is CC(C)(C)Oc1cc(OC(C)(C)C)c(S(OS(=O)(=O)C(F)(F)F)(c2ccccc2)c2ccccc2)c(OC(C)(C)C)c1. The zero-order chi connectivity index (χ0) is 31.8. The molecule has 0 aliphatic rings. The number of halogens is 3. The number of ether oxygens (including phenoxy) is 3. The quantitative estimate of drug-likeness (QED) is 0.232. The van der Waals surface area contributed by atoms with Crippen molar-refractivity contribution in [3.8, 4) is 17.2 Å². The third-order valence-corrected chi connectivity index (χ3v) is 10.1. The molecule has 0 aliphatic heterocycles. The van der Waals surface area contributed by atoms with Crippen molar-refractivity contribution in [1.82, 2.24) is 0 Å². The highest BCUT2D eigenvalue weighted by molar-refractivity contribution is 8.33. The van der Waals surface area contributed by atoms with Crippen molar-refractivity contribution in [2.24, 2.45) is 0 Å². The average Bonchev–Trinajstić information content (AvgIpc) is 2.80. The molecule has 0 saturated heterocycles. The van der Waals surface area contributed by atoms with Crippen LogP contribution in [0.15, 0.2) is 87.5 Å². The van der Waals surface area contributed by atoms with Crippen molar-refractivity contribution in [3.05, 3.63) is 72.8 Å². The fourth-order valence-corrected chi connectivity index (χ4v) is 8.82. The van der Waals surface area contributed by atoms with Crippen molar-refractivity contribution in [2.45, 2.75) is 99.3 Å². The molecule has 0 aliphatic carbocycles. The molecule has 0 bridgehead atoms. The van der Waals surface area contributed by atoms with Crippen LogP contribution in [0, 0.1) is 0 Å². The van der Waals surface area contributed by atoms with E-state index in [1.807, 2.05) is 20.8 Å². The summed E-state index contributed by atoms with van der Waals surface area (Å²) in [6.45, 7) is 16.2. The lowest BCUT2D eigenvalue weighted by Crippen LogP contribution is -2.30. The summed E-state index contributed by atoms with van der Waals surface area (Å²) in [4.78, 5) is 0.385. The van der Waals surface area contributed by atoms with Gasteiger partial charge in [-0.3, -0.25) is 0 Å². The summed E-state index contributed by atoms with van der Waals surface area (Å²) in [5.74, 6) is 0.435. The number of hydrogen-bond acceptors (Lipinski definition) is 6. The highest BCUT2D eigenvalue weighted by Crippen LogP contribution is 2.75. The molecule has 0 aromatic heterocycles. The first-order chi connectivity index (χ1) is 19.0. The average molecular weight is 629 g/mol. The van der Waals surface area contributed by atoms with Crippen LogP contribution in [0.25, 0.3) is 0 Å². The molecule has 42 heavy (non-hydrogen) atoms. The second-order valence-electron chi connectivity index (χ2n) is 12.5. The summed E-state index contributed by atoms with van der Waals surface area (Å²) in [5, 5.41) is 0. The van der Waals surface area contributed by atoms with E-state index in [0.29, 0.717) is 5.75 Å². The molecule has 232 valence electrons. The fraction of sp³-hybridized carbons (Fsp3) is 0.419. The Balaban J connectivity index is 2.65. The Kier molecular flexibility index (Phi) is 9.33. The van der Waals surface area contributed by atoms with Crippen LogP contribution in [0.2, 0.25) is 0 Å². The molecule has 0 fully saturated rings. The van der Waals surface area contributed by atoms with E-state index in [0.717, 1.165) is 0 Å². The van der Waals surface area contributed by atoms with E-state index in [9.17, 15) is 21.6 Å². The van der Waals surface area contributed by atoms with Crippen LogP contribution in [-0.4, -0.2) is 30.7 Å². The highest BCUT2D eigenvalue weighted by atomic mass is 32.3. The van der Waals surface area contributed by atoms with Crippen LogP contribution < -0.4 is 14.2 Å². The standard InChI is InChI=1S/C31H39F3O6S2/c1-28(2,3)37-22-20-25(38-29(4,5)6)27(26(21-22)39-30(7,8)9)41(23-16-12-10-13-17-23,24-18-14-11-15-19-24)40-42(35,36)31(32,33)34/h10-21H,1-9H3. The lowest BCUT2D eigenvalue weighted by atomic mass is 10.1. The van der Waals surface area contributed by atoms with Gasteiger partial charge in [-0.25, -0.2) is 0 Å². The molecule has 0 radical (unpaired) electrons. The Bertz CT molecular complexity index is 1390. The van der Waals surface area contributed by atoms with Gasteiger partial charge in [-0.1, -0.05) is 36.4 Å². The predicted octanol–water partition coefficient (Wildman–Crippen LogP) is 9.28.